The van der Waals surface area contributed by atoms with Crippen molar-refractivity contribution in [2.24, 2.45) is 5.92 Å². The Bertz CT molecular complexity index is 1290. The van der Waals surface area contributed by atoms with E-state index >= 15 is 0 Å². The van der Waals surface area contributed by atoms with Gasteiger partial charge >= 0.3 is 0 Å². The number of carbonyl (C=O) groups is 2. The third-order valence-electron chi connectivity index (χ3n) is 6.92. The second-order valence-corrected chi connectivity index (χ2v) is 10.5. The van der Waals surface area contributed by atoms with Crippen molar-refractivity contribution in [3.63, 3.8) is 0 Å². The molecule has 0 radical (unpaired) electrons. The number of carbonyl (C=O) groups excluding carboxylic acids is 2. The van der Waals surface area contributed by atoms with Gasteiger partial charge in [-0.1, -0.05) is 44.9 Å². The first-order chi connectivity index (χ1) is 17.1. The summed E-state index contributed by atoms with van der Waals surface area (Å²) in [6.45, 7) is 8.29. The molecule has 1 aliphatic heterocycles. The van der Waals surface area contributed by atoms with E-state index in [0.29, 0.717) is 30.6 Å². The second kappa shape index (κ2) is 10.4. The van der Waals surface area contributed by atoms with Gasteiger partial charge in [0.05, 0.1) is 34.2 Å². The van der Waals surface area contributed by atoms with Crippen molar-refractivity contribution >= 4 is 23.4 Å². The Morgan fingerprint density at radius 1 is 1.28 bits per heavy atom. The highest BCUT2D eigenvalue weighted by Gasteiger charge is 2.27. The molecule has 4 rings (SSSR count). The molecule has 7 nitrogen and oxygen atoms in total. The largest absolute Gasteiger partial charge is 0.355 e. The molecule has 2 bridgehead atoms. The Kier molecular flexibility index (Phi) is 7.45. The van der Waals surface area contributed by atoms with Gasteiger partial charge in [0.25, 0.3) is 5.91 Å². The molecule has 0 saturated carbocycles. The van der Waals surface area contributed by atoms with E-state index in [-0.39, 0.29) is 39.9 Å². The molecule has 0 aliphatic carbocycles. The number of nitrogens with one attached hydrogen (secondary N) is 2. The van der Waals surface area contributed by atoms with Gasteiger partial charge in [-0.25, -0.2) is 9.07 Å². The molecule has 3 heterocycles. The van der Waals surface area contributed by atoms with Crippen LogP contribution in [0.2, 0.25) is 5.02 Å². The third kappa shape index (κ3) is 5.28. The smallest absolute Gasteiger partial charge is 0.255 e. The van der Waals surface area contributed by atoms with Crippen LogP contribution >= 0.6 is 11.6 Å². The Balaban J connectivity index is 1.64. The predicted molar refractivity (Wildman–Crippen MR) is 137 cm³/mol. The first kappa shape index (κ1) is 25.8. The summed E-state index contributed by atoms with van der Waals surface area (Å²) >= 11 is 5.93. The molecule has 0 spiro atoms. The summed E-state index contributed by atoms with van der Waals surface area (Å²) < 4.78 is 16.0. The van der Waals surface area contributed by atoms with E-state index in [9.17, 15) is 14.0 Å². The van der Waals surface area contributed by atoms with E-state index in [2.05, 4.69) is 34.6 Å². The van der Waals surface area contributed by atoms with Gasteiger partial charge in [-0.2, -0.15) is 5.10 Å². The van der Waals surface area contributed by atoms with Gasteiger partial charge in [0.15, 0.2) is 5.82 Å². The van der Waals surface area contributed by atoms with Crippen LogP contribution in [0.25, 0.3) is 5.69 Å². The van der Waals surface area contributed by atoms with Gasteiger partial charge in [0, 0.05) is 24.1 Å². The summed E-state index contributed by atoms with van der Waals surface area (Å²) in [5, 5.41) is 10.4. The zero-order chi connectivity index (χ0) is 26.0. The van der Waals surface area contributed by atoms with Crippen molar-refractivity contribution < 1.29 is 14.0 Å². The average Bonchev–Trinajstić information content (AvgIpc) is 3.24. The van der Waals surface area contributed by atoms with E-state index in [1.165, 1.54) is 16.9 Å². The monoisotopic (exact) mass is 511 g/mol. The molecular weight excluding hydrogens is 481 g/mol. The lowest BCUT2D eigenvalue weighted by Gasteiger charge is -2.29. The molecule has 2 N–H and O–H groups in total. The van der Waals surface area contributed by atoms with E-state index < -0.39 is 5.82 Å². The van der Waals surface area contributed by atoms with Crippen LogP contribution in [0.4, 0.5) is 4.39 Å². The molecular formula is C27H31ClFN5O2. The van der Waals surface area contributed by atoms with Crippen LogP contribution in [0, 0.1) is 18.7 Å². The minimum atomic E-state index is -0.599. The molecule has 1 aliphatic rings. The Morgan fingerprint density at radius 3 is 2.83 bits per heavy atom. The van der Waals surface area contributed by atoms with E-state index in [1.807, 2.05) is 19.1 Å². The predicted octanol–water partition coefficient (Wildman–Crippen LogP) is 5.05. The quantitative estimate of drug-likeness (QED) is 0.515. The molecule has 2 aromatic heterocycles. The van der Waals surface area contributed by atoms with E-state index in [1.54, 1.807) is 25.3 Å². The maximum Gasteiger partial charge on any atom is 0.255 e. The summed E-state index contributed by atoms with van der Waals surface area (Å²) in [5.74, 6) is -1.01. The number of hydrogen-bond donors (Lipinski definition) is 2. The number of benzene rings is 1. The first-order valence-corrected chi connectivity index (χ1v) is 12.5. The van der Waals surface area contributed by atoms with Gasteiger partial charge < -0.3 is 10.6 Å². The third-order valence-corrected chi connectivity index (χ3v) is 7.21. The van der Waals surface area contributed by atoms with Gasteiger partial charge in [-0.15, -0.1) is 0 Å². The number of nitrogens with zero attached hydrogens (tertiary/aromatic N) is 3. The van der Waals surface area contributed by atoms with Crippen molar-refractivity contribution in [3.8, 4) is 5.69 Å². The van der Waals surface area contributed by atoms with Crippen LogP contribution in [-0.4, -0.2) is 33.1 Å². The van der Waals surface area contributed by atoms with Crippen LogP contribution in [0.1, 0.15) is 73.4 Å². The summed E-state index contributed by atoms with van der Waals surface area (Å²) in [4.78, 5) is 30.5. The number of fused-ring (bicyclic) bond motifs is 2. The highest BCUT2D eigenvalue weighted by Crippen LogP contribution is 2.28. The van der Waals surface area contributed by atoms with E-state index in [0.717, 1.165) is 17.7 Å². The summed E-state index contributed by atoms with van der Waals surface area (Å²) in [6.07, 6.45) is 5.23. The fraction of sp³-hybridized carbons (Fsp3) is 0.407. The van der Waals surface area contributed by atoms with Crippen molar-refractivity contribution in [1.29, 1.82) is 0 Å². The van der Waals surface area contributed by atoms with E-state index in [4.69, 9.17) is 11.6 Å². The van der Waals surface area contributed by atoms with Gasteiger partial charge in [0.1, 0.15) is 5.69 Å². The van der Waals surface area contributed by atoms with Crippen LogP contribution in [-0.2, 0) is 10.2 Å². The Hall–Kier alpha value is -3.26. The number of hydrogen-bond acceptors (Lipinski definition) is 4. The van der Waals surface area contributed by atoms with Crippen molar-refractivity contribution in [2.45, 2.75) is 58.4 Å². The Morgan fingerprint density at radius 2 is 2.06 bits per heavy atom. The van der Waals surface area contributed by atoms with Gasteiger partial charge in [0.2, 0.25) is 5.91 Å². The van der Waals surface area contributed by atoms with Crippen LogP contribution in [0.15, 0.2) is 42.7 Å². The first-order valence-electron chi connectivity index (χ1n) is 12.1. The maximum atomic E-state index is 14.6. The average molecular weight is 512 g/mol. The van der Waals surface area contributed by atoms with Gasteiger partial charge in [-0.3, -0.25) is 14.6 Å². The SMILES string of the molecule is Cc1c(C(=O)NC2CCCC(C)C(=O)NCC(C)(C)c3ccnc2c3)cnn1-c1cccc(Cl)c1F. The number of pyridine rings is 1. The lowest BCUT2D eigenvalue weighted by Crippen LogP contribution is -2.39. The number of halogens is 2. The molecule has 190 valence electrons. The summed E-state index contributed by atoms with van der Waals surface area (Å²) in [5.41, 5.74) is 2.49. The molecule has 36 heavy (non-hydrogen) atoms. The fourth-order valence-electron chi connectivity index (χ4n) is 4.46. The highest BCUT2D eigenvalue weighted by molar-refractivity contribution is 6.30. The van der Waals surface area contributed by atoms with Crippen molar-refractivity contribution in [1.82, 2.24) is 25.4 Å². The molecule has 3 aromatic rings. The lowest BCUT2D eigenvalue weighted by atomic mass is 9.83. The summed E-state index contributed by atoms with van der Waals surface area (Å²) in [7, 11) is 0. The maximum absolute atomic E-state index is 14.6. The number of rotatable bonds is 3. The highest BCUT2D eigenvalue weighted by atomic mass is 35.5. The second-order valence-electron chi connectivity index (χ2n) is 10.1. The minimum Gasteiger partial charge on any atom is -0.355 e. The lowest BCUT2D eigenvalue weighted by molar-refractivity contribution is -0.125. The molecule has 2 atom stereocenters. The van der Waals surface area contributed by atoms with Crippen LogP contribution in [0.5, 0.6) is 0 Å². The molecule has 2 unspecified atom stereocenters. The normalized spacial score (nSPS) is 20.1. The van der Waals surface area contributed by atoms with Crippen molar-refractivity contribution in [3.05, 3.63) is 76.1 Å². The minimum absolute atomic E-state index is 0.0154. The summed E-state index contributed by atoms with van der Waals surface area (Å²) in [6, 6.07) is 8.24. The molecule has 0 fully saturated rings. The zero-order valence-electron chi connectivity index (χ0n) is 20.9. The topological polar surface area (TPSA) is 88.9 Å². The zero-order valence-corrected chi connectivity index (χ0v) is 21.7. The van der Waals surface area contributed by atoms with Crippen LogP contribution < -0.4 is 10.6 Å². The molecule has 2 amide bonds. The standard InChI is InChI=1S/C27H31ClFN5O2/c1-16-7-5-9-21(22-13-18(11-12-30-22)27(3,4)15-31-25(16)35)33-26(36)19-14-32-34(17(19)2)23-10-6-8-20(28)24(23)29/h6,8,10-14,16,21H,5,7,9,15H2,1-4H3,(H,31,35)(H,33,36). The Labute approximate surface area is 215 Å². The van der Waals surface area contributed by atoms with Gasteiger partial charge in [-0.05, 0) is 49.6 Å². The van der Waals surface area contributed by atoms with Crippen LogP contribution in [0.3, 0.4) is 0 Å². The fourth-order valence-corrected chi connectivity index (χ4v) is 4.63. The number of amides is 2. The number of aromatic nitrogens is 3. The van der Waals surface area contributed by atoms with Crippen molar-refractivity contribution in [2.75, 3.05) is 6.54 Å². The molecule has 1 aromatic carbocycles. The molecule has 0 saturated heterocycles. The molecule has 9 heteroatoms.